The fraction of sp³-hybridized carbons (Fsp3) is 0.500. The van der Waals surface area contributed by atoms with E-state index in [0.717, 1.165) is 32.0 Å². The van der Waals surface area contributed by atoms with Crippen molar-refractivity contribution in [2.75, 3.05) is 13.1 Å². The molecule has 0 spiro atoms. The van der Waals surface area contributed by atoms with Crippen molar-refractivity contribution in [1.82, 2.24) is 4.90 Å². The van der Waals surface area contributed by atoms with Crippen LogP contribution in [0.5, 0.6) is 0 Å². The van der Waals surface area contributed by atoms with Gasteiger partial charge in [-0.1, -0.05) is 12.1 Å². The molecule has 1 aliphatic rings. The van der Waals surface area contributed by atoms with Gasteiger partial charge in [-0.15, -0.1) is 0 Å². The molecule has 1 aromatic rings. The van der Waals surface area contributed by atoms with Crippen LogP contribution in [-0.2, 0) is 6.54 Å². The molecule has 0 aromatic heterocycles. The highest BCUT2D eigenvalue weighted by Gasteiger charge is 2.18. The first-order valence-corrected chi connectivity index (χ1v) is 5.57. The summed E-state index contributed by atoms with van der Waals surface area (Å²) in [6, 6.07) is 4.46. The number of nitrogens with two attached hydrogens (primary N) is 1. The second kappa shape index (κ2) is 4.89. The smallest absolute Gasteiger partial charge is 0.163 e. The predicted octanol–water partition coefficient (Wildman–Crippen LogP) is 1.89. The third kappa shape index (κ3) is 2.57. The van der Waals surface area contributed by atoms with Crippen LogP contribution >= 0.6 is 0 Å². The molecule has 2 nitrogen and oxygen atoms in total. The number of hydrogen-bond donors (Lipinski definition) is 1. The number of piperidine rings is 1. The van der Waals surface area contributed by atoms with E-state index in [1.165, 1.54) is 6.07 Å². The normalized spacial score (nSPS) is 22.3. The molecule has 1 fully saturated rings. The summed E-state index contributed by atoms with van der Waals surface area (Å²) >= 11 is 0. The van der Waals surface area contributed by atoms with Crippen molar-refractivity contribution in [1.29, 1.82) is 0 Å². The minimum Gasteiger partial charge on any atom is -0.327 e. The van der Waals surface area contributed by atoms with Crippen molar-refractivity contribution in [3.63, 3.8) is 0 Å². The summed E-state index contributed by atoms with van der Waals surface area (Å²) in [6.45, 7) is 2.11. The SMILES string of the molecule is N[C@H]1CCCN(Cc2cccc(F)c2F)C1. The van der Waals surface area contributed by atoms with Gasteiger partial charge < -0.3 is 5.73 Å². The zero-order valence-electron chi connectivity index (χ0n) is 9.13. The van der Waals surface area contributed by atoms with E-state index in [0.29, 0.717) is 12.1 Å². The average molecular weight is 226 g/mol. The molecule has 1 atom stereocenters. The molecular formula is C12H16F2N2. The van der Waals surface area contributed by atoms with Crippen LogP contribution in [0.4, 0.5) is 8.78 Å². The standard InChI is InChI=1S/C12H16F2N2/c13-11-5-1-3-9(12(11)14)7-16-6-2-4-10(15)8-16/h1,3,5,10H,2,4,6-8,15H2/t10-/m0/s1. The van der Waals surface area contributed by atoms with Crippen molar-refractivity contribution < 1.29 is 8.78 Å². The minimum atomic E-state index is -0.779. The predicted molar refractivity (Wildman–Crippen MR) is 58.8 cm³/mol. The van der Waals surface area contributed by atoms with Gasteiger partial charge in [0.25, 0.3) is 0 Å². The Kier molecular flexibility index (Phi) is 3.51. The molecule has 4 heteroatoms. The van der Waals surface area contributed by atoms with Gasteiger partial charge in [0.15, 0.2) is 11.6 Å². The fourth-order valence-electron chi connectivity index (χ4n) is 2.15. The van der Waals surface area contributed by atoms with Crippen LogP contribution < -0.4 is 5.73 Å². The van der Waals surface area contributed by atoms with Crippen LogP contribution in [0.25, 0.3) is 0 Å². The van der Waals surface area contributed by atoms with Gasteiger partial charge in [-0.3, -0.25) is 4.90 Å². The number of nitrogens with zero attached hydrogens (tertiary/aromatic N) is 1. The molecule has 0 bridgehead atoms. The van der Waals surface area contributed by atoms with E-state index in [9.17, 15) is 8.78 Å². The first kappa shape index (κ1) is 11.5. The van der Waals surface area contributed by atoms with Gasteiger partial charge in [-0.2, -0.15) is 0 Å². The lowest BCUT2D eigenvalue weighted by atomic mass is 10.1. The van der Waals surface area contributed by atoms with Crippen LogP contribution in [-0.4, -0.2) is 24.0 Å². The van der Waals surface area contributed by atoms with Gasteiger partial charge in [0.05, 0.1) is 0 Å². The van der Waals surface area contributed by atoms with Crippen molar-refractivity contribution >= 4 is 0 Å². The number of hydrogen-bond acceptors (Lipinski definition) is 2. The molecule has 0 unspecified atom stereocenters. The van der Waals surface area contributed by atoms with Crippen molar-refractivity contribution in [2.45, 2.75) is 25.4 Å². The molecule has 1 saturated heterocycles. The molecule has 2 N–H and O–H groups in total. The molecule has 1 aliphatic heterocycles. The van der Waals surface area contributed by atoms with E-state index >= 15 is 0 Å². The Labute approximate surface area is 94.0 Å². The van der Waals surface area contributed by atoms with Crippen molar-refractivity contribution in [3.05, 3.63) is 35.4 Å². The maximum absolute atomic E-state index is 13.4. The first-order valence-electron chi connectivity index (χ1n) is 5.57. The molecular weight excluding hydrogens is 210 g/mol. The van der Waals surface area contributed by atoms with Gasteiger partial charge in [0.2, 0.25) is 0 Å². The number of rotatable bonds is 2. The molecule has 16 heavy (non-hydrogen) atoms. The first-order chi connectivity index (χ1) is 7.66. The number of halogens is 2. The second-order valence-corrected chi connectivity index (χ2v) is 4.35. The molecule has 1 aromatic carbocycles. The lowest BCUT2D eigenvalue weighted by molar-refractivity contribution is 0.198. The van der Waals surface area contributed by atoms with E-state index in [1.807, 2.05) is 0 Å². The topological polar surface area (TPSA) is 29.3 Å². The average Bonchev–Trinajstić information content (AvgIpc) is 2.25. The van der Waals surface area contributed by atoms with Crippen LogP contribution in [0, 0.1) is 11.6 Å². The van der Waals surface area contributed by atoms with Gasteiger partial charge in [0, 0.05) is 24.7 Å². The third-order valence-electron chi connectivity index (χ3n) is 2.97. The molecule has 88 valence electrons. The summed E-state index contributed by atoms with van der Waals surface area (Å²) in [6.07, 6.45) is 2.04. The van der Waals surface area contributed by atoms with Gasteiger partial charge >= 0.3 is 0 Å². The van der Waals surface area contributed by atoms with Crippen LogP contribution in [0.2, 0.25) is 0 Å². The van der Waals surface area contributed by atoms with E-state index in [-0.39, 0.29) is 6.04 Å². The van der Waals surface area contributed by atoms with Gasteiger partial charge in [0.1, 0.15) is 0 Å². The lowest BCUT2D eigenvalue weighted by Gasteiger charge is -2.30. The number of likely N-dealkylation sites (tertiary alicyclic amines) is 1. The zero-order chi connectivity index (χ0) is 11.5. The Morgan fingerprint density at radius 2 is 2.19 bits per heavy atom. The minimum absolute atomic E-state index is 0.158. The summed E-state index contributed by atoms with van der Waals surface area (Å²) in [7, 11) is 0. The molecule has 0 saturated carbocycles. The summed E-state index contributed by atoms with van der Waals surface area (Å²) in [4.78, 5) is 2.08. The maximum Gasteiger partial charge on any atom is 0.163 e. The van der Waals surface area contributed by atoms with Crippen LogP contribution in [0.3, 0.4) is 0 Å². The van der Waals surface area contributed by atoms with Crippen LogP contribution in [0.1, 0.15) is 18.4 Å². The van der Waals surface area contributed by atoms with E-state index in [1.54, 1.807) is 6.07 Å². The molecule has 0 radical (unpaired) electrons. The van der Waals surface area contributed by atoms with E-state index in [4.69, 9.17) is 5.73 Å². The fourth-order valence-corrected chi connectivity index (χ4v) is 2.15. The maximum atomic E-state index is 13.4. The Bertz CT molecular complexity index is 368. The highest BCUT2D eigenvalue weighted by molar-refractivity contribution is 5.18. The van der Waals surface area contributed by atoms with Gasteiger partial charge in [-0.05, 0) is 25.5 Å². The largest absolute Gasteiger partial charge is 0.327 e. The van der Waals surface area contributed by atoms with E-state index in [2.05, 4.69) is 4.90 Å². The highest BCUT2D eigenvalue weighted by atomic mass is 19.2. The Morgan fingerprint density at radius 1 is 1.38 bits per heavy atom. The second-order valence-electron chi connectivity index (χ2n) is 4.35. The highest BCUT2D eigenvalue weighted by Crippen LogP contribution is 2.16. The number of benzene rings is 1. The summed E-state index contributed by atoms with van der Waals surface area (Å²) in [5.74, 6) is -1.51. The zero-order valence-corrected chi connectivity index (χ0v) is 9.13. The Morgan fingerprint density at radius 3 is 2.94 bits per heavy atom. The van der Waals surface area contributed by atoms with E-state index < -0.39 is 11.6 Å². The van der Waals surface area contributed by atoms with Crippen molar-refractivity contribution in [3.8, 4) is 0 Å². The Balaban J connectivity index is 2.05. The van der Waals surface area contributed by atoms with Crippen molar-refractivity contribution in [2.24, 2.45) is 5.73 Å². The summed E-state index contributed by atoms with van der Waals surface area (Å²) in [5, 5.41) is 0. The molecule has 2 rings (SSSR count). The molecule has 0 aliphatic carbocycles. The summed E-state index contributed by atoms with van der Waals surface area (Å²) in [5.41, 5.74) is 6.25. The monoisotopic (exact) mass is 226 g/mol. The quantitative estimate of drug-likeness (QED) is 0.834. The lowest BCUT2D eigenvalue weighted by Crippen LogP contribution is -2.42. The summed E-state index contributed by atoms with van der Waals surface area (Å²) < 4.78 is 26.4. The molecule has 0 amide bonds. The third-order valence-corrected chi connectivity index (χ3v) is 2.97. The Hall–Kier alpha value is -1.00. The van der Waals surface area contributed by atoms with Gasteiger partial charge in [-0.25, -0.2) is 8.78 Å². The molecule has 1 heterocycles. The van der Waals surface area contributed by atoms with Crippen LogP contribution in [0.15, 0.2) is 18.2 Å².